The van der Waals surface area contributed by atoms with Crippen LogP contribution in [0.4, 0.5) is 8.78 Å². The minimum absolute atomic E-state index is 0.0368. The molecule has 4 nitrogen and oxygen atoms in total. The van der Waals surface area contributed by atoms with Crippen molar-refractivity contribution in [1.29, 1.82) is 0 Å². The SMILES string of the molecule is CCCC1CCC(C(=O)Oc2ccc(C3CCC4CC(COc5ccc(OCC)c(F)c5F)CCC4C3)cc2)CC1. The Kier molecular flexibility index (Phi) is 10.2. The molecule has 0 saturated heterocycles. The van der Waals surface area contributed by atoms with Crippen LogP contribution >= 0.6 is 0 Å². The maximum atomic E-state index is 14.4. The van der Waals surface area contributed by atoms with E-state index in [2.05, 4.69) is 19.1 Å². The number of carbonyl (C=O) groups is 1. The van der Waals surface area contributed by atoms with Gasteiger partial charge in [-0.25, -0.2) is 0 Å². The van der Waals surface area contributed by atoms with Gasteiger partial charge < -0.3 is 14.2 Å². The molecule has 0 bridgehead atoms. The zero-order valence-electron chi connectivity index (χ0n) is 24.7. The number of rotatable bonds is 10. The third-order valence-electron chi connectivity index (χ3n) is 9.95. The highest BCUT2D eigenvalue weighted by atomic mass is 19.2. The Hall–Kier alpha value is -2.63. The molecule has 0 N–H and O–H groups in total. The molecule has 0 aromatic heterocycles. The number of hydrogen-bond acceptors (Lipinski definition) is 4. The van der Waals surface area contributed by atoms with Gasteiger partial charge >= 0.3 is 5.97 Å². The maximum absolute atomic E-state index is 14.4. The average molecular weight is 569 g/mol. The van der Waals surface area contributed by atoms with Gasteiger partial charge in [-0.15, -0.1) is 0 Å². The van der Waals surface area contributed by atoms with Gasteiger partial charge in [-0.1, -0.05) is 31.9 Å². The molecule has 3 fully saturated rings. The average Bonchev–Trinajstić information content (AvgIpc) is 3.00. The van der Waals surface area contributed by atoms with Gasteiger partial charge in [-0.3, -0.25) is 4.79 Å². The Morgan fingerprint density at radius 1 is 0.756 bits per heavy atom. The lowest BCUT2D eigenvalue weighted by Gasteiger charge is -2.42. The van der Waals surface area contributed by atoms with E-state index in [4.69, 9.17) is 14.2 Å². The molecule has 3 aliphatic rings. The number of hydrogen-bond donors (Lipinski definition) is 0. The van der Waals surface area contributed by atoms with E-state index in [0.29, 0.717) is 36.0 Å². The van der Waals surface area contributed by atoms with Gasteiger partial charge in [0, 0.05) is 0 Å². The molecule has 6 heteroatoms. The second-order valence-electron chi connectivity index (χ2n) is 12.6. The topological polar surface area (TPSA) is 44.8 Å². The zero-order chi connectivity index (χ0) is 28.8. The summed E-state index contributed by atoms with van der Waals surface area (Å²) in [4.78, 5) is 12.7. The highest BCUT2D eigenvalue weighted by molar-refractivity contribution is 5.75. The van der Waals surface area contributed by atoms with E-state index in [1.165, 1.54) is 43.4 Å². The fourth-order valence-corrected chi connectivity index (χ4v) is 7.64. The number of halogens is 2. The van der Waals surface area contributed by atoms with E-state index in [0.717, 1.165) is 57.3 Å². The third-order valence-corrected chi connectivity index (χ3v) is 9.95. The molecule has 2 aromatic carbocycles. The number of benzene rings is 2. The Morgan fingerprint density at radius 3 is 2.07 bits per heavy atom. The van der Waals surface area contributed by atoms with Crippen molar-refractivity contribution < 1.29 is 27.8 Å². The molecule has 4 atom stereocenters. The number of ether oxygens (including phenoxy) is 3. The van der Waals surface area contributed by atoms with Crippen molar-refractivity contribution >= 4 is 5.97 Å². The lowest BCUT2D eigenvalue weighted by Crippen LogP contribution is -2.32. The van der Waals surface area contributed by atoms with Crippen molar-refractivity contribution in [3.05, 3.63) is 53.6 Å². The van der Waals surface area contributed by atoms with Crippen molar-refractivity contribution in [2.45, 2.75) is 96.8 Å². The molecule has 3 aliphatic carbocycles. The molecule has 0 spiro atoms. The van der Waals surface area contributed by atoms with Gasteiger partial charge in [0.25, 0.3) is 0 Å². The molecule has 0 heterocycles. The number of carbonyl (C=O) groups excluding carboxylic acids is 1. The van der Waals surface area contributed by atoms with Crippen molar-refractivity contribution in [3.63, 3.8) is 0 Å². The summed E-state index contributed by atoms with van der Waals surface area (Å²) in [5.74, 6) is 1.57. The zero-order valence-corrected chi connectivity index (χ0v) is 24.7. The van der Waals surface area contributed by atoms with Crippen LogP contribution in [0.3, 0.4) is 0 Å². The third kappa shape index (κ3) is 7.42. The molecular weight excluding hydrogens is 522 g/mol. The van der Waals surface area contributed by atoms with E-state index in [-0.39, 0.29) is 30.0 Å². The largest absolute Gasteiger partial charge is 0.491 e. The van der Waals surface area contributed by atoms with Gasteiger partial charge in [-0.05, 0) is 131 Å². The molecular formula is C35H46F2O4. The van der Waals surface area contributed by atoms with Gasteiger partial charge in [0.1, 0.15) is 5.75 Å². The number of fused-ring (bicyclic) bond motifs is 1. The summed E-state index contributed by atoms with van der Waals surface area (Å²) in [7, 11) is 0. The Labute approximate surface area is 244 Å². The highest BCUT2D eigenvalue weighted by Crippen LogP contribution is 2.48. The van der Waals surface area contributed by atoms with Gasteiger partial charge in [-0.2, -0.15) is 8.78 Å². The minimum atomic E-state index is -0.984. The Morgan fingerprint density at radius 2 is 1.39 bits per heavy atom. The van der Waals surface area contributed by atoms with E-state index in [9.17, 15) is 13.6 Å². The predicted molar refractivity (Wildman–Crippen MR) is 156 cm³/mol. The van der Waals surface area contributed by atoms with Crippen LogP contribution < -0.4 is 14.2 Å². The van der Waals surface area contributed by atoms with Crippen LogP contribution in [-0.2, 0) is 4.79 Å². The van der Waals surface area contributed by atoms with Gasteiger partial charge in [0.05, 0.1) is 19.1 Å². The lowest BCUT2D eigenvalue weighted by molar-refractivity contribution is -0.140. The fraction of sp³-hybridized carbons (Fsp3) is 0.629. The first kappa shape index (κ1) is 29.8. The minimum Gasteiger partial charge on any atom is -0.491 e. The molecule has 41 heavy (non-hydrogen) atoms. The summed E-state index contributed by atoms with van der Waals surface area (Å²) in [6.07, 6.45) is 13.5. The van der Waals surface area contributed by atoms with Crippen LogP contribution in [0.25, 0.3) is 0 Å². The second-order valence-corrected chi connectivity index (χ2v) is 12.6. The van der Waals surface area contributed by atoms with E-state index < -0.39 is 11.6 Å². The summed E-state index contributed by atoms with van der Waals surface area (Å²) < 4.78 is 45.3. The molecule has 3 saturated carbocycles. The van der Waals surface area contributed by atoms with Crippen LogP contribution in [0.2, 0.25) is 0 Å². The first-order valence-electron chi connectivity index (χ1n) is 16.0. The molecule has 0 radical (unpaired) electrons. The predicted octanol–water partition coefficient (Wildman–Crippen LogP) is 9.25. The smallest absolute Gasteiger partial charge is 0.314 e. The Balaban J connectivity index is 1.07. The van der Waals surface area contributed by atoms with Crippen LogP contribution in [0.1, 0.15) is 102 Å². The normalized spacial score (nSPS) is 28.0. The Bertz CT molecular complexity index is 1140. The van der Waals surface area contributed by atoms with Crippen molar-refractivity contribution in [1.82, 2.24) is 0 Å². The molecule has 4 unspecified atom stereocenters. The fourth-order valence-electron chi connectivity index (χ4n) is 7.64. The maximum Gasteiger partial charge on any atom is 0.314 e. The van der Waals surface area contributed by atoms with Crippen LogP contribution in [0.5, 0.6) is 17.2 Å². The van der Waals surface area contributed by atoms with Gasteiger partial charge in [0.15, 0.2) is 11.5 Å². The number of esters is 1. The van der Waals surface area contributed by atoms with Crippen LogP contribution in [0, 0.1) is 41.2 Å². The molecule has 0 amide bonds. The van der Waals surface area contributed by atoms with E-state index >= 15 is 0 Å². The second kappa shape index (κ2) is 14.0. The first-order chi connectivity index (χ1) is 19.9. The lowest BCUT2D eigenvalue weighted by atomic mass is 9.64. The molecule has 5 rings (SSSR count). The summed E-state index contributed by atoms with van der Waals surface area (Å²) in [6.45, 7) is 4.67. The van der Waals surface area contributed by atoms with Crippen molar-refractivity contribution in [3.8, 4) is 17.2 Å². The molecule has 0 aliphatic heterocycles. The van der Waals surface area contributed by atoms with Crippen LogP contribution in [0.15, 0.2) is 36.4 Å². The highest BCUT2D eigenvalue weighted by Gasteiger charge is 2.36. The van der Waals surface area contributed by atoms with E-state index in [1.807, 2.05) is 12.1 Å². The molecule has 224 valence electrons. The summed E-state index contributed by atoms with van der Waals surface area (Å²) in [5.41, 5.74) is 1.33. The monoisotopic (exact) mass is 568 g/mol. The quantitative estimate of drug-likeness (QED) is 0.212. The summed E-state index contributed by atoms with van der Waals surface area (Å²) in [5, 5.41) is 0. The summed E-state index contributed by atoms with van der Waals surface area (Å²) in [6, 6.07) is 11.1. The molecule has 2 aromatic rings. The first-order valence-corrected chi connectivity index (χ1v) is 16.0. The van der Waals surface area contributed by atoms with Crippen LogP contribution in [-0.4, -0.2) is 19.2 Å². The van der Waals surface area contributed by atoms with Gasteiger partial charge in [0.2, 0.25) is 11.6 Å². The standard InChI is InChI=1S/C35H46F2O4/c1-3-5-23-6-9-26(10-7-23)35(38)41-30-16-14-25(15-17-30)28-13-12-27-20-24(8-11-29(27)21-28)22-40-32-19-18-31(39-4-2)33(36)34(32)37/h14-19,23-24,26-29H,3-13,20-22H2,1-2H3. The van der Waals surface area contributed by atoms with E-state index in [1.54, 1.807) is 6.92 Å². The van der Waals surface area contributed by atoms with Crippen molar-refractivity contribution in [2.24, 2.45) is 29.6 Å². The van der Waals surface area contributed by atoms with Crippen molar-refractivity contribution in [2.75, 3.05) is 13.2 Å². The summed E-state index contributed by atoms with van der Waals surface area (Å²) >= 11 is 0.